The second-order valence-electron chi connectivity index (χ2n) is 3.80. The Hall–Kier alpha value is -0.450. The second-order valence-corrected chi connectivity index (χ2v) is 4.65. The zero-order valence-corrected chi connectivity index (χ0v) is 10.9. The average molecular weight is 290 g/mol. The van der Waals surface area contributed by atoms with E-state index in [-0.39, 0.29) is 5.82 Å². The molecule has 0 heterocycles. The molecular formula is C12H17BrFNO. The summed E-state index contributed by atoms with van der Waals surface area (Å²) in [5.74, 6) is -0.271. The van der Waals surface area contributed by atoms with Crippen molar-refractivity contribution in [1.82, 2.24) is 5.32 Å². The molecule has 1 unspecified atom stereocenters. The van der Waals surface area contributed by atoms with Crippen molar-refractivity contribution in [2.75, 3.05) is 13.1 Å². The summed E-state index contributed by atoms with van der Waals surface area (Å²) < 4.78 is 13.8. The quantitative estimate of drug-likeness (QED) is 0.789. The van der Waals surface area contributed by atoms with Gasteiger partial charge in [-0.1, -0.05) is 22.9 Å². The minimum atomic E-state index is -0.482. The van der Waals surface area contributed by atoms with Gasteiger partial charge in [0, 0.05) is 17.4 Å². The molecule has 1 rings (SSSR count). The van der Waals surface area contributed by atoms with Crippen molar-refractivity contribution in [3.63, 3.8) is 0 Å². The van der Waals surface area contributed by atoms with Gasteiger partial charge in [0.1, 0.15) is 5.82 Å². The second kappa shape index (κ2) is 6.99. The molecule has 90 valence electrons. The molecule has 4 heteroatoms. The summed E-state index contributed by atoms with van der Waals surface area (Å²) in [6.45, 7) is 3.50. The number of hydrogen-bond acceptors (Lipinski definition) is 2. The Morgan fingerprint density at radius 1 is 1.50 bits per heavy atom. The lowest BCUT2D eigenvalue weighted by Crippen LogP contribution is -2.29. The first-order chi connectivity index (χ1) is 7.63. The summed E-state index contributed by atoms with van der Waals surface area (Å²) in [6, 6.07) is 4.51. The molecule has 0 amide bonds. The fraction of sp³-hybridized carbons (Fsp3) is 0.500. The number of rotatable bonds is 6. The van der Waals surface area contributed by atoms with E-state index in [0.717, 1.165) is 23.0 Å². The number of aliphatic hydroxyl groups excluding tert-OH is 1. The fourth-order valence-corrected chi connectivity index (χ4v) is 1.88. The molecule has 2 nitrogen and oxygen atoms in total. The van der Waals surface area contributed by atoms with Crippen LogP contribution in [-0.4, -0.2) is 24.3 Å². The predicted octanol–water partition coefficient (Wildman–Crippen LogP) is 2.49. The molecule has 0 aliphatic heterocycles. The number of aliphatic hydroxyl groups is 1. The molecule has 16 heavy (non-hydrogen) atoms. The SMILES string of the molecule is CCCNCC(O)Cc1cc(F)ccc1Br. The van der Waals surface area contributed by atoms with E-state index in [1.54, 1.807) is 6.07 Å². The van der Waals surface area contributed by atoms with E-state index in [1.807, 2.05) is 0 Å². The van der Waals surface area contributed by atoms with Gasteiger partial charge in [-0.15, -0.1) is 0 Å². The molecule has 1 atom stereocenters. The lowest BCUT2D eigenvalue weighted by Gasteiger charge is -2.12. The Morgan fingerprint density at radius 2 is 2.25 bits per heavy atom. The number of benzene rings is 1. The predicted molar refractivity (Wildman–Crippen MR) is 67.0 cm³/mol. The third kappa shape index (κ3) is 4.60. The van der Waals surface area contributed by atoms with Crippen LogP contribution in [0.1, 0.15) is 18.9 Å². The summed E-state index contributed by atoms with van der Waals surface area (Å²) in [5.41, 5.74) is 0.797. The van der Waals surface area contributed by atoms with Crippen LogP contribution < -0.4 is 5.32 Å². The molecule has 0 aliphatic rings. The molecule has 0 aromatic heterocycles. The highest BCUT2D eigenvalue weighted by Gasteiger charge is 2.08. The molecule has 0 aliphatic carbocycles. The van der Waals surface area contributed by atoms with Gasteiger partial charge in [-0.05, 0) is 36.7 Å². The zero-order valence-electron chi connectivity index (χ0n) is 9.34. The van der Waals surface area contributed by atoms with Gasteiger partial charge in [0.2, 0.25) is 0 Å². The van der Waals surface area contributed by atoms with Crippen LogP contribution in [0, 0.1) is 5.82 Å². The standard InChI is InChI=1S/C12H17BrFNO/c1-2-5-15-8-11(16)7-9-6-10(14)3-4-12(9)13/h3-4,6,11,15-16H,2,5,7-8H2,1H3. The van der Waals surface area contributed by atoms with Gasteiger partial charge >= 0.3 is 0 Å². The van der Waals surface area contributed by atoms with Gasteiger partial charge in [-0.25, -0.2) is 4.39 Å². The van der Waals surface area contributed by atoms with Gasteiger partial charge in [0.25, 0.3) is 0 Å². The molecule has 0 saturated heterocycles. The summed E-state index contributed by atoms with van der Waals surface area (Å²) in [6.07, 6.45) is 1.01. The molecular weight excluding hydrogens is 273 g/mol. The van der Waals surface area contributed by atoms with E-state index < -0.39 is 6.10 Å². The third-order valence-electron chi connectivity index (χ3n) is 2.27. The number of nitrogens with one attached hydrogen (secondary N) is 1. The van der Waals surface area contributed by atoms with Crippen LogP contribution in [0.2, 0.25) is 0 Å². The summed E-state index contributed by atoms with van der Waals surface area (Å²) in [5, 5.41) is 12.9. The highest BCUT2D eigenvalue weighted by molar-refractivity contribution is 9.10. The first-order valence-electron chi connectivity index (χ1n) is 5.46. The smallest absolute Gasteiger partial charge is 0.123 e. The van der Waals surface area contributed by atoms with Crippen LogP contribution in [0.3, 0.4) is 0 Å². The van der Waals surface area contributed by atoms with Crippen molar-refractivity contribution >= 4 is 15.9 Å². The molecule has 0 spiro atoms. The fourth-order valence-electron chi connectivity index (χ4n) is 1.47. The lowest BCUT2D eigenvalue weighted by molar-refractivity contribution is 0.172. The topological polar surface area (TPSA) is 32.3 Å². The van der Waals surface area contributed by atoms with Crippen LogP contribution in [0.25, 0.3) is 0 Å². The first kappa shape index (κ1) is 13.6. The summed E-state index contributed by atoms with van der Waals surface area (Å²) in [4.78, 5) is 0. The molecule has 0 radical (unpaired) electrons. The van der Waals surface area contributed by atoms with Crippen LogP contribution in [0.5, 0.6) is 0 Å². The molecule has 1 aromatic carbocycles. The van der Waals surface area contributed by atoms with Gasteiger partial charge in [-0.3, -0.25) is 0 Å². The Labute approximate surface area is 104 Å². The van der Waals surface area contributed by atoms with Crippen molar-refractivity contribution < 1.29 is 9.50 Å². The molecule has 0 bridgehead atoms. The minimum Gasteiger partial charge on any atom is -0.391 e. The highest BCUT2D eigenvalue weighted by Crippen LogP contribution is 2.19. The van der Waals surface area contributed by atoms with Crippen molar-refractivity contribution in [3.05, 3.63) is 34.1 Å². The average Bonchev–Trinajstić information content (AvgIpc) is 2.24. The molecule has 0 fully saturated rings. The minimum absolute atomic E-state index is 0.271. The van der Waals surface area contributed by atoms with Gasteiger partial charge in [-0.2, -0.15) is 0 Å². The zero-order chi connectivity index (χ0) is 12.0. The Balaban J connectivity index is 2.48. The van der Waals surface area contributed by atoms with E-state index in [9.17, 15) is 9.50 Å². The van der Waals surface area contributed by atoms with Crippen molar-refractivity contribution in [2.45, 2.75) is 25.9 Å². The van der Waals surface area contributed by atoms with Crippen LogP contribution in [0.4, 0.5) is 4.39 Å². The summed E-state index contributed by atoms with van der Waals surface area (Å²) in [7, 11) is 0. The van der Waals surface area contributed by atoms with Gasteiger partial charge in [0.05, 0.1) is 6.10 Å². The maximum absolute atomic E-state index is 13.0. The lowest BCUT2D eigenvalue weighted by atomic mass is 10.1. The highest BCUT2D eigenvalue weighted by atomic mass is 79.9. The van der Waals surface area contributed by atoms with Crippen molar-refractivity contribution in [3.8, 4) is 0 Å². The largest absolute Gasteiger partial charge is 0.391 e. The Morgan fingerprint density at radius 3 is 2.94 bits per heavy atom. The monoisotopic (exact) mass is 289 g/mol. The van der Waals surface area contributed by atoms with E-state index in [1.165, 1.54) is 12.1 Å². The third-order valence-corrected chi connectivity index (χ3v) is 3.04. The molecule has 0 saturated carbocycles. The first-order valence-corrected chi connectivity index (χ1v) is 6.25. The van der Waals surface area contributed by atoms with Crippen LogP contribution in [-0.2, 0) is 6.42 Å². The van der Waals surface area contributed by atoms with Gasteiger partial charge < -0.3 is 10.4 Å². The molecule has 1 aromatic rings. The van der Waals surface area contributed by atoms with Gasteiger partial charge in [0.15, 0.2) is 0 Å². The summed E-state index contributed by atoms with van der Waals surface area (Å²) >= 11 is 3.34. The van der Waals surface area contributed by atoms with Crippen LogP contribution >= 0.6 is 15.9 Å². The van der Waals surface area contributed by atoms with E-state index in [4.69, 9.17) is 0 Å². The van der Waals surface area contributed by atoms with E-state index in [0.29, 0.717) is 13.0 Å². The Kier molecular flexibility index (Phi) is 5.95. The Bertz CT molecular complexity index is 333. The maximum Gasteiger partial charge on any atom is 0.123 e. The van der Waals surface area contributed by atoms with Crippen LogP contribution in [0.15, 0.2) is 22.7 Å². The number of hydrogen-bond donors (Lipinski definition) is 2. The van der Waals surface area contributed by atoms with Crippen molar-refractivity contribution in [2.24, 2.45) is 0 Å². The normalized spacial score (nSPS) is 12.8. The number of halogens is 2. The van der Waals surface area contributed by atoms with Crippen molar-refractivity contribution in [1.29, 1.82) is 0 Å². The maximum atomic E-state index is 13.0. The molecule has 2 N–H and O–H groups in total. The van der Waals surface area contributed by atoms with E-state index >= 15 is 0 Å². The van der Waals surface area contributed by atoms with E-state index in [2.05, 4.69) is 28.2 Å².